The molecule has 26 heavy (non-hydrogen) atoms. The summed E-state index contributed by atoms with van der Waals surface area (Å²) in [4.78, 5) is 17.5. The summed E-state index contributed by atoms with van der Waals surface area (Å²) in [5.41, 5.74) is 2.13. The lowest BCUT2D eigenvalue weighted by atomic mass is 10.2. The number of nitrogens with zero attached hydrogens (tertiary/aromatic N) is 1. The molecule has 0 aliphatic rings. The fraction of sp³-hybridized carbons (Fsp3) is 0.200. The van der Waals surface area contributed by atoms with Crippen LogP contribution in [0.3, 0.4) is 0 Å². The quantitative estimate of drug-likeness (QED) is 0.641. The molecule has 3 aromatic rings. The smallest absolute Gasteiger partial charge is 0.267 e. The van der Waals surface area contributed by atoms with Crippen LogP contribution in [0.4, 0.5) is 10.1 Å². The molecule has 0 bridgehead atoms. The molecule has 0 aliphatic carbocycles. The van der Waals surface area contributed by atoms with Crippen molar-refractivity contribution in [3.05, 3.63) is 64.9 Å². The van der Waals surface area contributed by atoms with Crippen LogP contribution in [0.5, 0.6) is 5.75 Å². The molecule has 0 fully saturated rings. The van der Waals surface area contributed by atoms with Crippen molar-refractivity contribution in [1.29, 1.82) is 0 Å². The number of anilines is 1. The topological polar surface area (TPSA) is 51.2 Å². The Bertz CT molecular complexity index is 889. The fourth-order valence-corrected chi connectivity index (χ4v) is 3.33. The van der Waals surface area contributed by atoms with Crippen LogP contribution in [-0.4, -0.2) is 17.5 Å². The van der Waals surface area contributed by atoms with Gasteiger partial charge in [0.25, 0.3) is 5.91 Å². The van der Waals surface area contributed by atoms with E-state index in [2.05, 4.69) is 10.3 Å². The lowest BCUT2D eigenvalue weighted by Gasteiger charge is -2.07. The Kier molecular flexibility index (Phi) is 5.63. The van der Waals surface area contributed by atoms with E-state index in [0.29, 0.717) is 27.9 Å². The number of hydrogen-bond acceptors (Lipinski definition) is 4. The van der Waals surface area contributed by atoms with Crippen LogP contribution in [0.15, 0.2) is 48.5 Å². The average molecular weight is 370 g/mol. The lowest BCUT2D eigenvalue weighted by molar-refractivity contribution is 0.103. The Morgan fingerprint density at radius 1 is 1.15 bits per heavy atom. The molecule has 0 saturated heterocycles. The SMILES string of the molecule is CCCOc1ccc(NC(=O)c2sc(-c3ccc(F)cc3)nc2C)cc1. The third-order valence-electron chi connectivity index (χ3n) is 3.68. The number of thiazole rings is 1. The van der Waals surface area contributed by atoms with Crippen molar-refractivity contribution in [3.8, 4) is 16.3 Å². The van der Waals surface area contributed by atoms with Gasteiger partial charge in [0.05, 0.1) is 12.3 Å². The molecular weight excluding hydrogens is 351 g/mol. The first-order chi connectivity index (χ1) is 12.6. The van der Waals surface area contributed by atoms with E-state index in [1.807, 2.05) is 19.1 Å². The molecule has 6 heteroatoms. The molecule has 0 saturated carbocycles. The van der Waals surface area contributed by atoms with Crippen LogP contribution in [0.25, 0.3) is 10.6 Å². The fourth-order valence-electron chi connectivity index (χ4n) is 2.37. The van der Waals surface area contributed by atoms with Crippen molar-refractivity contribution >= 4 is 22.9 Å². The van der Waals surface area contributed by atoms with Gasteiger partial charge < -0.3 is 10.1 Å². The molecule has 0 aliphatic heterocycles. The largest absolute Gasteiger partial charge is 0.494 e. The zero-order chi connectivity index (χ0) is 18.5. The number of halogens is 1. The average Bonchev–Trinajstić information content (AvgIpc) is 3.03. The van der Waals surface area contributed by atoms with E-state index >= 15 is 0 Å². The van der Waals surface area contributed by atoms with Gasteiger partial charge in [-0.3, -0.25) is 4.79 Å². The Morgan fingerprint density at radius 3 is 2.50 bits per heavy atom. The summed E-state index contributed by atoms with van der Waals surface area (Å²) in [5, 5.41) is 3.56. The maximum atomic E-state index is 13.1. The van der Waals surface area contributed by atoms with Gasteiger partial charge in [0.2, 0.25) is 0 Å². The van der Waals surface area contributed by atoms with Crippen molar-refractivity contribution in [2.75, 3.05) is 11.9 Å². The van der Waals surface area contributed by atoms with E-state index in [-0.39, 0.29) is 11.7 Å². The molecule has 0 spiro atoms. The molecule has 1 amide bonds. The Labute approximate surface area is 155 Å². The van der Waals surface area contributed by atoms with Crippen LogP contribution in [-0.2, 0) is 0 Å². The van der Waals surface area contributed by atoms with Gasteiger partial charge in [-0.2, -0.15) is 0 Å². The van der Waals surface area contributed by atoms with Gasteiger partial charge in [0.15, 0.2) is 0 Å². The van der Waals surface area contributed by atoms with E-state index in [1.165, 1.54) is 23.5 Å². The predicted molar refractivity (Wildman–Crippen MR) is 102 cm³/mol. The second kappa shape index (κ2) is 8.10. The zero-order valence-electron chi connectivity index (χ0n) is 14.6. The number of nitrogens with one attached hydrogen (secondary N) is 1. The minimum absolute atomic E-state index is 0.212. The van der Waals surface area contributed by atoms with Gasteiger partial charge in [-0.15, -0.1) is 11.3 Å². The van der Waals surface area contributed by atoms with Gasteiger partial charge in [-0.05, 0) is 61.9 Å². The summed E-state index contributed by atoms with van der Waals surface area (Å²) in [6.07, 6.45) is 0.944. The highest BCUT2D eigenvalue weighted by Crippen LogP contribution is 2.29. The van der Waals surface area contributed by atoms with Crippen LogP contribution in [0.2, 0.25) is 0 Å². The van der Waals surface area contributed by atoms with Crippen molar-refractivity contribution in [1.82, 2.24) is 4.98 Å². The van der Waals surface area contributed by atoms with E-state index in [0.717, 1.165) is 17.7 Å². The number of ether oxygens (including phenoxy) is 1. The number of aromatic nitrogens is 1. The summed E-state index contributed by atoms with van der Waals surface area (Å²) < 4.78 is 18.6. The number of hydrogen-bond donors (Lipinski definition) is 1. The first-order valence-electron chi connectivity index (χ1n) is 8.34. The Hall–Kier alpha value is -2.73. The summed E-state index contributed by atoms with van der Waals surface area (Å²) in [6, 6.07) is 13.3. The number of carbonyl (C=O) groups is 1. The predicted octanol–water partition coefficient (Wildman–Crippen LogP) is 5.30. The minimum atomic E-state index is -0.300. The van der Waals surface area contributed by atoms with Crippen LogP contribution in [0.1, 0.15) is 28.7 Å². The lowest BCUT2D eigenvalue weighted by Crippen LogP contribution is -2.11. The van der Waals surface area contributed by atoms with E-state index in [9.17, 15) is 9.18 Å². The molecule has 0 radical (unpaired) electrons. The van der Waals surface area contributed by atoms with Gasteiger partial charge >= 0.3 is 0 Å². The molecule has 1 heterocycles. The van der Waals surface area contributed by atoms with Crippen molar-refractivity contribution in [3.63, 3.8) is 0 Å². The third kappa shape index (κ3) is 4.26. The van der Waals surface area contributed by atoms with Gasteiger partial charge in [0, 0.05) is 11.3 Å². The Morgan fingerprint density at radius 2 is 1.85 bits per heavy atom. The number of benzene rings is 2. The molecule has 1 N–H and O–H groups in total. The standard InChI is InChI=1S/C20H19FN2O2S/c1-3-12-25-17-10-8-16(9-11-17)23-19(24)18-13(2)22-20(26-18)14-4-6-15(21)7-5-14/h4-11H,3,12H2,1-2H3,(H,23,24). The maximum Gasteiger partial charge on any atom is 0.267 e. The van der Waals surface area contributed by atoms with E-state index in [4.69, 9.17) is 4.74 Å². The highest BCUT2D eigenvalue weighted by molar-refractivity contribution is 7.17. The highest BCUT2D eigenvalue weighted by Gasteiger charge is 2.16. The first kappa shape index (κ1) is 18.1. The Balaban J connectivity index is 1.72. The first-order valence-corrected chi connectivity index (χ1v) is 9.16. The molecule has 4 nitrogen and oxygen atoms in total. The number of aryl methyl sites for hydroxylation is 1. The molecule has 0 unspecified atom stereocenters. The molecule has 1 aromatic heterocycles. The maximum absolute atomic E-state index is 13.1. The number of carbonyl (C=O) groups excluding carboxylic acids is 1. The van der Waals surface area contributed by atoms with Crippen LogP contribution < -0.4 is 10.1 Å². The van der Waals surface area contributed by atoms with Gasteiger partial charge in [-0.1, -0.05) is 6.92 Å². The van der Waals surface area contributed by atoms with Gasteiger partial charge in [0.1, 0.15) is 21.5 Å². The summed E-state index contributed by atoms with van der Waals surface area (Å²) in [6.45, 7) is 4.50. The van der Waals surface area contributed by atoms with Crippen LogP contribution in [0, 0.1) is 12.7 Å². The van der Waals surface area contributed by atoms with E-state index in [1.54, 1.807) is 31.2 Å². The molecule has 134 valence electrons. The van der Waals surface area contributed by atoms with Gasteiger partial charge in [-0.25, -0.2) is 9.37 Å². The van der Waals surface area contributed by atoms with Crippen LogP contribution >= 0.6 is 11.3 Å². The normalized spacial score (nSPS) is 10.6. The van der Waals surface area contributed by atoms with Crippen molar-refractivity contribution < 1.29 is 13.9 Å². The number of amides is 1. The number of rotatable bonds is 6. The van der Waals surface area contributed by atoms with Crippen molar-refractivity contribution in [2.24, 2.45) is 0 Å². The monoisotopic (exact) mass is 370 g/mol. The highest BCUT2D eigenvalue weighted by atomic mass is 32.1. The second-order valence-corrected chi connectivity index (χ2v) is 6.77. The van der Waals surface area contributed by atoms with Crippen molar-refractivity contribution in [2.45, 2.75) is 20.3 Å². The molecule has 0 atom stereocenters. The molecule has 3 rings (SSSR count). The molecular formula is C20H19FN2O2S. The summed E-state index contributed by atoms with van der Waals surface area (Å²) in [7, 11) is 0. The minimum Gasteiger partial charge on any atom is -0.494 e. The summed E-state index contributed by atoms with van der Waals surface area (Å²) in [5.74, 6) is 0.263. The van der Waals surface area contributed by atoms with E-state index < -0.39 is 0 Å². The molecule has 2 aromatic carbocycles. The third-order valence-corrected chi connectivity index (χ3v) is 4.88. The summed E-state index contributed by atoms with van der Waals surface area (Å²) >= 11 is 1.29. The zero-order valence-corrected chi connectivity index (χ0v) is 15.4. The second-order valence-electron chi connectivity index (χ2n) is 5.77.